The Morgan fingerprint density at radius 2 is 2.11 bits per heavy atom. The molecule has 100 valence electrons. The maximum atomic E-state index is 11.8. The lowest BCUT2D eigenvalue weighted by Crippen LogP contribution is -2.33. The zero-order valence-corrected chi connectivity index (χ0v) is 11.9. The van der Waals surface area contributed by atoms with Crippen LogP contribution in [0.3, 0.4) is 0 Å². The van der Waals surface area contributed by atoms with Crippen molar-refractivity contribution in [2.45, 2.75) is 33.8 Å². The molecule has 1 aromatic rings. The van der Waals surface area contributed by atoms with Gasteiger partial charge in [-0.05, 0) is 51.0 Å². The Hall–Kier alpha value is -1.06. The van der Waals surface area contributed by atoms with Crippen LogP contribution < -0.4 is 0 Å². The molecule has 0 saturated carbocycles. The number of rotatable bonds is 4. The van der Waals surface area contributed by atoms with E-state index < -0.39 is 17.5 Å². The van der Waals surface area contributed by atoms with E-state index in [1.54, 1.807) is 39.0 Å². The van der Waals surface area contributed by atoms with Crippen LogP contribution in [-0.2, 0) is 9.53 Å². The second-order valence-electron chi connectivity index (χ2n) is 4.85. The quantitative estimate of drug-likeness (QED) is 0.854. The number of aliphatic hydroxyl groups excluding tert-OH is 1. The fourth-order valence-electron chi connectivity index (χ4n) is 1.76. The Morgan fingerprint density at radius 3 is 2.61 bits per heavy atom. The summed E-state index contributed by atoms with van der Waals surface area (Å²) in [5.41, 5.74) is 0.555. The minimum atomic E-state index is -0.991. The molecule has 0 radical (unpaired) electrons. The Kier molecular flexibility index (Phi) is 4.77. The number of hydrogen-bond acceptors (Lipinski definition) is 3. The number of aryl methyl sites for hydroxylation is 1. The van der Waals surface area contributed by atoms with Crippen LogP contribution in [0.5, 0.6) is 0 Å². The SMILES string of the molecule is CCOC(=O)C(C)(C)C(O)c1ccc(Cl)cc1C. The standard InChI is InChI=1S/C14H19ClO3/c1-5-18-13(17)14(3,4)12(16)11-7-6-10(15)8-9(11)2/h6-8,12,16H,5H2,1-4H3. The van der Waals surface area contributed by atoms with Gasteiger partial charge in [-0.2, -0.15) is 0 Å². The summed E-state index contributed by atoms with van der Waals surface area (Å²) in [7, 11) is 0. The first-order valence-electron chi connectivity index (χ1n) is 5.92. The van der Waals surface area contributed by atoms with Crippen molar-refractivity contribution >= 4 is 17.6 Å². The molecule has 1 unspecified atom stereocenters. The van der Waals surface area contributed by atoms with Crippen LogP contribution in [0, 0.1) is 12.3 Å². The molecule has 0 aliphatic rings. The monoisotopic (exact) mass is 270 g/mol. The van der Waals surface area contributed by atoms with Gasteiger partial charge in [0.15, 0.2) is 0 Å². The highest BCUT2D eigenvalue weighted by molar-refractivity contribution is 6.30. The third-order valence-corrected chi connectivity index (χ3v) is 3.25. The molecule has 0 aromatic heterocycles. The van der Waals surface area contributed by atoms with Crippen molar-refractivity contribution in [3.63, 3.8) is 0 Å². The molecule has 0 saturated heterocycles. The van der Waals surface area contributed by atoms with Gasteiger partial charge in [-0.3, -0.25) is 4.79 Å². The van der Waals surface area contributed by atoms with E-state index in [4.69, 9.17) is 16.3 Å². The number of esters is 1. The van der Waals surface area contributed by atoms with Gasteiger partial charge in [0.05, 0.1) is 18.1 Å². The van der Waals surface area contributed by atoms with Crippen LogP contribution in [0.15, 0.2) is 18.2 Å². The number of carbonyl (C=O) groups excluding carboxylic acids is 1. The second kappa shape index (κ2) is 5.72. The summed E-state index contributed by atoms with van der Waals surface area (Å²) in [6, 6.07) is 5.21. The smallest absolute Gasteiger partial charge is 0.314 e. The number of halogens is 1. The predicted molar refractivity (Wildman–Crippen MR) is 71.6 cm³/mol. The molecule has 0 bridgehead atoms. The lowest BCUT2D eigenvalue weighted by molar-refractivity contribution is -0.160. The molecule has 1 aromatic carbocycles. The fourth-order valence-corrected chi connectivity index (χ4v) is 1.99. The van der Waals surface area contributed by atoms with Gasteiger partial charge in [0.25, 0.3) is 0 Å². The topological polar surface area (TPSA) is 46.5 Å². The summed E-state index contributed by atoms with van der Waals surface area (Å²) in [6.07, 6.45) is -0.922. The maximum absolute atomic E-state index is 11.8. The van der Waals surface area contributed by atoms with Crippen LogP contribution in [-0.4, -0.2) is 17.7 Å². The van der Waals surface area contributed by atoms with Crippen molar-refractivity contribution in [3.8, 4) is 0 Å². The summed E-state index contributed by atoms with van der Waals surface area (Å²) in [5, 5.41) is 11.0. The lowest BCUT2D eigenvalue weighted by atomic mass is 9.81. The molecule has 18 heavy (non-hydrogen) atoms. The second-order valence-corrected chi connectivity index (χ2v) is 5.28. The first kappa shape index (κ1) is 15.0. The van der Waals surface area contributed by atoms with E-state index in [-0.39, 0.29) is 0 Å². The highest BCUT2D eigenvalue weighted by Gasteiger charge is 2.38. The van der Waals surface area contributed by atoms with Crippen molar-refractivity contribution < 1.29 is 14.6 Å². The average Bonchev–Trinajstić information content (AvgIpc) is 2.28. The van der Waals surface area contributed by atoms with Gasteiger partial charge in [0.2, 0.25) is 0 Å². The highest BCUT2D eigenvalue weighted by Crippen LogP contribution is 2.36. The van der Waals surface area contributed by atoms with Crippen molar-refractivity contribution in [2.24, 2.45) is 5.41 Å². The highest BCUT2D eigenvalue weighted by atomic mass is 35.5. The molecule has 1 rings (SSSR count). The van der Waals surface area contributed by atoms with Gasteiger partial charge in [-0.1, -0.05) is 17.7 Å². The van der Waals surface area contributed by atoms with Gasteiger partial charge in [0.1, 0.15) is 0 Å². The summed E-state index contributed by atoms with van der Waals surface area (Å²) in [6.45, 7) is 7.24. The average molecular weight is 271 g/mol. The molecule has 3 nitrogen and oxygen atoms in total. The molecule has 0 heterocycles. The molecular weight excluding hydrogens is 252 g/mol. The third-order valence-electron chi connectivity index (χ3n) is 3.01. The van der Waals surface area contributed by atoms with E-state index in [1.165, 1.54) is 0 Å². The molecule has 1 atom stereocenters. The molecule has 0 amide bonds. The normalized spacial score (nSPS) is 13.2. The number of benzene rings is 1. The third kappa shape index (κ3) is 3.03. The van der Waals surface area contributed by atoms with E-state index in [1.807, 2.05) is 6.92 Å². The largest absolute Gasteiger partial charge is 0.465 e. The van der Waals surface area contributed by atoms with E-state index in [2.05, 4.69) is 0 Å². The van der Waals surface area contributed by atoms with E-state index in [9.17, 15) is 9.90 Å². The van der Waals surface area contributed by atoms with E-state index in [0.717, 1.165) is 5.56 Å². The molecule has 0 fully saturated rings. The zero-order valence-electron chi connectivity index (χ0n) is 11.2. The van der Waals surface area contributed by atoms with Crippen LogP contribution >= 0.6 is 11.6 Å². The molecule has 1 N–H and O–H groups in total. The van der Waals surface area contributed by atoms with E-state index in [0.29, 0.717) is 17.2 Å². The molecule has 4 heteroatoms. The van der Waals surface area contributed by atoms with Crippen LogP contribution in [0.4, 0.5) is 0 Å². The summed E-state index contributed by atoms with van der Waals surface area (Å²) >= 11 is 5.87. The number of aliphatic hydroxyl groups is 1. The first-order chi connectivity index (χ1) is 8.30. The van der Waals surface area contributed by atoms with Crippen molar-refractivity contribution in [1.29, 1.82) is 0 Å². The van der Waals surface area contributed by atoms with Crippen LogP contribution in [0.1, 0.15) is 38.0 Å². The zero-order chi connectivity index (χ0) is 13.9. The minimum Gasteiger partial charge on any atom is -0.465 e. The van der Waals surface area contributed by atoms with Crippen molar-refractivity contribution in [2.75, 3.05) is 6.61 Å². The van der Waals surface area contributed by atoms with Gasteiger partial charge in [0, 0.05) is 5.02 Å². The summed E-state index contributed by atoms with van der Waals surface area (Å²) in [5.74, 6) is -0.410. The summed E-state index contributed by atoms with van der Waals surface area (Å²) in [4.78, 5) is 11.8. The molecule has 0 aliphatic heterocycles. The first-order valence-corrected chi connectivity index (χ1v) is 6.29. The van der Waals surface area contributed by atoms with Crippen LogP contribution in [0.2, 0.25) is 5.02 Å². The van der Waals surface area contributed by atoms with Crippen molar-refractivity contribution in [1.82, 2.24) is 0 Å². The van der Waals surface area contributed by atoms with Gasteiger partial charge in [-0.15, -0.1) is 0 Å². The molecule has 0 aliphatic carbocycles. The number of ether oxygens (including phenoxy) is 1. The van der Waals surface area contributed by atoms with E-state index >= 15 is 0 Å². The Balaban J connectivity index is 3.05. The summed E-state index contributed by atoms with van der Waals surface area (Å²) < 4.78 is 4.99. The Labute approximate surface area is 113 Å². The Morgan fingerprint density at radius 1 is 1.50 bits per heavy atom. The molecular formula is C14H19ClO3. The maximum Gasteiger partial charge on any atom is 0.314 e. The predicted octanol–water partition coefficient (Wildman–Crippen LogP) is 3.27. The molecule has 0 spiro atoms. The van der Waals surface area contributed by atoms with Gasteiger partial charge < -0.3 is 9.84 Å². The van der Waals surface area contributed by atoms with Crippen LogP contribution in [0.25, 0.3) is 0 Å². The Bertz CT molecular complexity index is 441. The number of carbonyl (C=O) groups is 1. The number of hydrogen-bond donors (Lipinski definition) is 1. The van der Waals surface area contributed by atoms with Gasteiger partial charge >= 0.3 is 5.97 Å². The fraction of sp³-hybridized carbons (Fsp3) is 0.500. The van der Waals surface area contributed by atoms with Crippen molar-refractivity contribution in [3.05, 3.63) is 34.3 Å². The lowest BCUT2D eigenvalue weighted by Gasteiger charge is -2.29. The van der Waals surface area contributed by atoms with Gasteiger partial charge in [-0.25, -0.2) is 0 Å². The minimum absolute atomic E-state index is 0.300.